The van der Waals surface area contributed by atoms with Crippen LogP contribution in [0.15, 0.2) is 18.3 Å². The number of fused-ring (bicyclic) bond motifs is 3. The van der Waals surface area contributed by atoms with Crippen LogP contribution in [0.1, 0.15) is 45.9 Å². The normalized spacial score (nSPS) is 11.5. The predicted octanol–water partition coefficient (Wildman–Crippen LogP) is 3.28. The highest BCUT2D eigenvalue weighted by Crippen LogP contribution is 2.28. The first kappa shape index (κ1) is 21.8. The number of urea groups is 1. The molecule has 0 aliphatic carbocycles. The molecule has 0 aliphatic rings. The molecule has 3 N–H and O–H groups in total. The van der Waals surface area contributed by atoms with Gasteiger partial charge in [0.15, 0.2) is 5.82 Å². The zero-order valence-electron chi connectivity index (χ0n) is 18.2. The summed E-state index contributed by atoms with van der Waals surface area (Å²) in [4.78, 5) is 31.2. The fourth-order valence-electron chi connectivity index (χ4n) is 3.55. The van der Waals surface area contributed by atoms with Crippen molar-refractivity contribution in [2.45, 2.75) is 59.0 Å². The average molecular weight is 414 g/mol. The van der Waals surface area contributed by atoms with E-state index in [1.54, 1.807) is 6.20 Å². The molecule has 162 valence electrons. The molecule has 0 spiro atoms. The fraction of sp³-hybridized carbons (Fsp3) is 0.524. The Bertz CT molecular complexity index is 1020. The van der Waals surface area contributed by atoms with Gasteiger partial charge in [0.2, 0.25) is 0 Å². The largest absolute Gasteiger partial charge is 0.382 e. The quantitative estimate of drug-likeness (QED) is 0.411. The molecular weight excluding hydrogens is 382 g/mol. The molecule has 0 fully saturated rings. The molecule has 0 saturated heterocycles. The highest BCUT2D eigenvalue weighted by atomic mass is 16.7. The third-order valence-electron chi connectivity index (χ3n) is 4.87. The molecule has 0 aromatic carbocycles. The van der Waals surface area contributed by atoms with Crippen LogP contribution in [0.25, 0.3) is 22.1 Å². The second-order valence-electron chi connectivity index (χ2n) is 7.59. The maximum absolute atomic E-state index is 12.2. The van der Waals surface area contributed by atoms with Crippen molar-refractivity contribution in [1.29, 1.82) is 0 Å². The SMILES string of the molecule is CCCc1nc2c(N)nc3cccnc3c2n1CCCCN(OC)C(=O)NC(C)C. The maximum atomic E-state index is 12.2. The van der Waals surface area contributed by atoms with Gasteiger partial charge in [0.05, 0.1) is 19.2 Å². The fourth-order valence-corrected chi connectivity index (χ4v) is 3.55. The molecular formula is C21H31N7O2. The third kappa shape index (κ3) is 4.62. The number of aromatic nitrogens is 4. The molecule has 3 rings (SSSR count). The van der Waals surface area contributed by atoms with Gasteiger partial charge in [0.25, 0.3) is 0 Å². The number of imidazole rings is 1. The number of nitrogens with zero attached hydrogens (tertiary/aromatic N) is 5. The van der Waals surface area contributed by atoms with Crippen molar-refractivity contribution in [3.05, 3.63) is 24.2 Å². The van der Waals surface area contributed by atoms with E-state index < -0.39 is 0 Å². The van der Waals surface area contributed by atoms with Crippen LogP contribution in [0, 0.1) is 0 Å². The second-order valence-corrected chi connectivity index (χ2v) is 7.59. The molecule has 3 aromatic rings. The maximum Gasteiger partial charge on any atom is 0.341 e. The molecule has 0 saturated carbocycles. The number of hydrogen-bond donors (Lipinski definition) is 2. The molecule has 9 nitrogen and oxygen atoms in total. The predicted molar refractivity (Wildman–Crippen MR) is 118 cm³/mol. The summed E-state index contributed by atoms with van der Waals surface area (Å²) < 4.78 is 2.21. The minimum atomic E-state index is -0.221. The Hall–Kier alpha value is -2.94. The van der Waals surface area contributed by atoms with Crippen LogP contribution in [0.3, 0.4) is 0 Å². The van der Waals surface area contributed by atoms with Crippen molar-refractivity contribution in [2.75, 3.05) is 19.4 Å². The number of unbranched alkanes of at least 4 members (excludes halogenated alkanes) is 1. The number of pyridine rings is 2. The average Bonchev–Trinajstić information content (AvgIpc) is 3.07. The van der Waals surface area contributed by atoms with E-state index in [2.05, 4.69) is 26.8 Å². The lowest BCUT2D eigenvalue weighted by Gasteiger charge is -2.21. The summed E-state index contributed by atoms with van der Waals surface area (Å²) in [7, 11) is 1.51. The molecule has 9 heteroatoms. The number of aryl methyl sites for hydroxylation is 2. The van der Waals surface area contributed by atoms with Gasteiger partial charge in [-0.25, -0.2) is 19.8 Å². The van der Waals surface area contributed by atoms with Gasteiger partial charge >= 0.3 is 6.03 Å². The zero-order valence-corrected chi connectivity index (χ0v) is 18.2. The Kier molecular flexibility index (Phi) is 7.04. The van der Waals surface area contributed by atoms with E-state index in [1.807, 2.05) is 26.0 Å². The summed E-state index contributed by atoms with van der Waals surface area (Å²) >= 11 is 0. The Labute approximate surface area is 176 Å². The third-order valence-corrected chi connectivity index (χ3v) is 4.87. The van der Waals surface area contributed by atoms with Crippen molar-refractivity contribution in [3.8, 4) is 0 Å². The Morgan fingerprint density at radius 1 is 1.30 bits per heavy atom. The van der Waals surface area contributed by atoms with Crippen LogP contribution in [-0.2, 0) is 17.8 Å². The van der Waals surface area contributed by atoms with E-state index in [0.29, 0.717) is 17.9 Å². The summed E-state index contributed by atoms with van der Waals surface area (Å²) in [6.45, 7) is 7.23. The topological polar surface area (TPSA) is 111 Å². The molecule has 0 unspecified atom stereocenters. The van der Waals surface area contributed by atoms with E-state index in [4.69, 9.17) is 15.6 Å². The van der Waals surface area contributed by atoms with Crippen LogP contribution in [0.5, 0.6) is 0 Å². The van der Waals surface area contributed by atoms with Gasteiger partial charge in [-0.15, -0.1) is 0 Å². The molecule has 0 atom stereocenters. The molecule has 0 bridgehead atoms. The number of nitrogens with two attached hydrogens (primary N) is 1. The lowest BCUT2D eigenvalue weighted by atomic mass is 10.2. The van der Waals surface area contributed by atoms with Gasteiger partial charge in [0, 0.05) is 25.2 Å². The van der Waals surface area contributed by atoms with Gasteiger partial charge in [0.1, 0.15) is 22.4 Å². The first-order chi connectivity index (χ1) is 14.5. The van der Waals surface area contributed by atoms with E-state index in [0.717, 1.165) is 54.6 Å². The molecule has 0 radical (unpaired) electrons. The summed E-state index contributed by atoms with van der Waals surface area (Å²) in [5.41, 5.74) is 9.42. The second kappa shape index (κ2) is 9.71. The number of nitrogen functional groups attached to an aromatic ring is 1. The summed E-state index contributed by atoms with van der Waals surface area (Å²) in [5, 5.41) is 4.20. The van der Waals surface area contributed by atoms with Crippen molar-refractivity contribution in [3.63, 3.8) is 0 Å². The molecule has 3 heterocycles. The minimum Gasteiger partial charge on any atom is -0.382 e. The Morgan fingerprint density at radius 2 is 2.10 bits per heavy atom. The van der Waals surface area contributed by atoms with E-state index in [-0.39, 0.29) is 12.1 Å². The monoisotopic (exact) mass is 413 g/mol. The molecule has 2 amide bonds. The smallest absolute Gasteiger partial charge is 0.341 e. The van der Waals surface area contributed by atoms with Crippen molar-refractivity contribution in [1.82, 2.24) is 29.9 Å². The van der Waals surface area contributed by atoms with E-state index in [1.165, 1.54) is 12.2 Å². The summed E-state index contributed by atoms with van der Waals surface area (Å²) in [5.74, 6) is 1.41. The van der Waals surface area contributed by atoms with Gasteiger partial charge in [-0.05, 0) is 45.2 Å². The Balaban J connectivity index is 1.81. The van der Waals surface area contributed by atoms with Crippen molar-refractivity contribution in [2.24, 2.45) is 0 Å². The number of hydroxylamine groups is 2. The Morgan fingerprint density at radius 3 is 2.80 bits per heavy atom. The summed E-state index contributed by atoms with van der Waals surface area (Å²) in [6, 6.07) is 3.61. The van der Waals surface area contributed by atoms with Crippen LogP contribution in [0.4, 0.5) is 10.6 Å². The van der Waals surface area contributed by atoms with E-state index in [9.17, 15) is 4.79 Å². The number of carbonyl (C=O) groups is 1. The highest BCUT2D eigenvalue weighted by Gasteiger charge is 2.18. The number of anilines is 1. The van der Waals surface area contributed by atoms with Gasteiger partial charge < -0.3 is 15.6 Å². The summed E-state index contributed by atoms with van der Waals surface area (Å²) in [6.07, 6.45) is 5.24. The van der Waals surface area contributed by atoms with Gasteiger partial charge in [-0.2, -0.15) is 0 Å². The van der Waals surface area contributed by atoms with Gasteiger partial charge in [-0.3, -0.25) is 9.82 Å². The van der Waals surface area contributed by atoms with E-state index >= 15 is 0 Å². The number of nitrogens with one attached hydrogen (secondary N) is 1. The standard InChI is InChI=1S/C21H31N7O2/c1-5-9-16-26-18-19(17-15(25-20(18)22)10-8-11-23-17)27(16)12-6-7-13-28(30-4)21(29)24-14(2)3/h8,10-11,14H,5-7,9,12-13H2,1-4H3,(H2,22,25)(H,24,29). The molecule has 3 aromatic heterocycles. The van der Waals surface area contributed by atoms with Crippen LogP contribution >= 0.6 is 0 Å². The van der Waals surface area contributed by atoms with Crippen LogP contribution in [-0.4, -0.2) is 50.3 Å². The number of carbonyl (C=O) groups excluding carboxylic acids is 1. The lowest BCUT2D eigenvalue weighted by Crippen LogP contribution is -2.42. The minimum absolute atomic E-state index is 0.0592. The number of hydrogen-bond acceptors (Lipinski definition) is 6. The first-order valence-corrected chi connectivity index (χ1v) is 10.5. The zero-order chi connectivity index (χ0) is 21.7. The molecule has 30 heavy (non-hydrogen) atoms. The van der Waals surface area contributed by atoms with Crippen LogP contribution in [0.2, 0.25) is 0 Å². The van der Waals surface area contributed by atoms with Crippen LogP contribution < -0.4 is 11.1 Å². The lowest BCUT2D eigenvalue weighted by molar-refractivity contribution is -0.0874. The number of rotatable bonds is 9. The highest BCUT2D eigenvalue weighted by molar-refractivity contribution is 6.04. The van der Waals surface area contributed by atoms with Crippen molar-refractivity contribution >= 4 is 33.9 Å². The van der Waals surface area contributed by atoms with Gasteiger partial charge in [-0.1, -0.05) is 6.92 Å². The molecule has 0 aliphatic heterocycles. The number of amides is 2. The first-order valence-electron chi connectivity index (χ1n) is 10.5. The van der Waals surface area contributed by atoms with Crippen molar-refractivity contribution < 1.29 is 9.63 Å².